The molecule has 0 spiro atoms. The number of para-hydroxylation sites is 1. The molecular formula is C18H29FN4O. The van der Waals surface area contributed by atoms with E-state index in [0.717, 1.165) is 64.6 Å². The van der Waals surface area contributed by atoms with E-state index in [9.17, 15) is 4.39 Å². The Bertz CT molecular complexity index is 515. The first-order chi connectivity index (χ1) is 11.8. The number of aliphatic imine (C=N–C) groups is 1. The first-order valence-corrected chi connectivity index (χ1v) is 8.70. The molecule has 134 valence electrons. The number of ether oxygens (including phenoxy) is 1. The molecule has 0 aliphatic carbocycles. The summed E-state index contributed by atoms with van der Waals surface area (Å²) in [5.41, 5.74) is 0.693. The predicted octanol–water partition coefficient (Wildman–Crippen LogP) is 2.34. The second kappa shape index (κ2) is 10.1. The fourth-order valence-electron chi connectivity index (χ4n) is 2.95. The zero-order valence-corrected chi connectivity index (χ0v) is 14.8. The third kappa shape index (κ3) is 5.37. The van der Waals surface area contributed by atoms with E-state index in [4.69, 9.17) is 4.74 Å². The summed E-state index contributed by atoms with van der Waals surface area (Å²) in [6.07, 6.45) is 3.36. The number of anilines is 1. The lowest BCUT2D eigenvalue weighted by molar-refractivity contribution is 0.192. The Morgan fingerprint density at radius 3 is 2.58 bits per heavy atom. The van der Waals surface area contributed by atoms with Crippen molar-refractivity contribution in [3.05, 3.63) is 30.1 Å². The number of methoxy groups -OCH3 is 1. The number of rotatable bonds is 7. The number of hydrogen-bond acceptors (Lipinski definition) is 3. The van der Waals surface area contributed by atoms with Crippen molar-refractivity contribution >= 4 is 11.6 Å². The maximum Gasteiger partial charge on any atom is 0.193 e. The zero-order valence-electron chi connectivity index (χ0n) is 14.8. The highest BCUT2D eigenvalue weighted by atomic mass is 19.1. The Labute approximate surface area is 144 Å². The first kappa shape index (κ1) is 18.5. The molecule has 1 aliphatic rings. The second-order valence-electron chi connectivity index (χ2n) is 5.95. The molecular weight excluding hydrogens is 307 g/mol. The Morgan fingerprint density at radius 2 is 1.92 bits per heavy atom. The van der Waals surface area contributed by atoms with Gasteiger partial charge >= 0.3 is 0 Å². The maximum atomic E-state index is 13.9. The molecule has 6 heteroatoms. The molecule has 1 aliphatic heterocycles. The number of halogens is 1. The van der Waals surface area contributed by atoms with Crippen LogP contribution in [-0.2, 0) is 4.74 Å². The average molecular weight is 336 g/mol. The lowest BCUT2D eigenvalue weighted by atomic mass is 10.2. The van der Waals surface area contributed by atoms with Crippen molar-refractivity contribution in [2.24, 2.45) is 4.99 Å². The van der Waals surface area contributed by atoms with Gasteiger partial charge in [0.2, 0.25) is 0 Å². The minimum Gasteiger partial charge on any atom is -0.385 e. The summed E-state index contributed by atoms with van der Waals surface area (Å²) >= 11 is 0. The predicted molar refractivity (Wildman–Crippen MR) is 97.3 cm³/mol. The van der Waals surface area contributed by atoms with Gasteiger partial charge in [-0.2, -0.15) is 0 Å². The van der Waals surface area contributed by atoms with Gasteiger partial charge in [-0.25, -0.2) is 4.39 Å². The number of nitrogens with one attached hydrogen (secondary N) is 1. The van der Waals surface area contributed by atoms with Crippen molar-refractivity contribution in [3.8, 4) is 0 Å². The molecule has 1 N–H and O–H groups in total. The van der Waals surface area contributed by atoms with Gasteiger partial charge in [0.25, 0.3) is 0 Å². The number of nitrogens with zero attached hydrogens (tertiary/aromatic N) is 3. The average Bonchev–Trinajstić information content (AvgIpc) is 2.62. The van der Waals surface area contributed by atoms with Gasteiger partial charge in [-0.05, 0) is 31.4 Å². The lowest BCUT2D eigenvalue weighted by Gasteiger charge is -2.37. The van der Waals surface area contributed by atoms with Crippen LogP contribution >= 0.6 is 0 Å². The van der Waals surface area contributed by atoms with E-state index in [1.165, 1.54) is 6.07 Å². The van der Waals surface area contributed by atoms with E-state index in [0.29, 0.717) is 5.69 Å². The van der Waals surface area contributed by atoms with Gasteiger partial charge in [0, 0.05) is 53.5 Å². The van der Waals surface area contributed by atoms with E-state index in [-0.39, 0.29) is 5.82 Å². The molecule has 5 nitrogen and oxygen atoms in total. The number of unbranched alkanes of at least 4 members (excludes halogenated alkanes) is 2. The highest BCUT2D eigenvalue weighted by Gasteiger charge is 2.21. The van der Waals surface area contributed by atoms with Crippen LogP contribution in [-0.4, -0.2) is 64.3 Å². The molecule has 1 aromatic rings. The van der Waals surface area contributed by atoms with E-state index < -0.39 is 0 Å². The molecule has 1 fully saturated rings. The van der Waals surface area contributed by atoms with Gasteiger partial charge in [0.1, 0.15) is 5.82 Å². The molecule has 0 aromatic heterocycles. The summed E-state index contributed by atoms with van der Waals surface area (Å²) in [6, 6.07) is 6.98. The van der Waals surface area contributed by atoms with E-state index in [1.54, 1.807) is 13.2 Å². The zero-order chi connectivity index (χ0) is 17.2. The topological polar surface area (TPSA) is 40.1 Å². The highest BCUT2D eigenvalue weighted by Crippen LogP contribution is 2.20. The normalized spacial score (nSPS) is 15.7. The van der Waals surface area contributed by atoms with Crippen molar-refractivity contribution in [1.29, 1.82) is 0 Å². The molecule has 0 bridgehead atoms. The van der Waals surface area contributed by atoms with Crippen molar-refractivity contribution < 1.29 is 9.13 Å². The fraction of sp³-hybridized carbons (Fsp3) is 0.611. The fourth-order valence-corrected chi connectivity index (χ4v) is 2.95. The smallest absolute Gasteiger partial charge is 0.193 e. The van der Waals surface area contributed by atoms with Gasteiger partial charge < -0.3 is 19.9 Å². The third-order valence-corrected chi connectivity index (χ3v) is 4.29. The summed E-state index contributed by atoms with van der Waals surface area (Å²) in [7, 11) is 3.55. The first-order valence-electron chi connectivity index (χ1n) is 8.70. The van der Waals surface area contributed by atoms with Gasteiger partial charge in [0.15, 0.2) is 5.96 Å². The van der Waals surface area contributed by atoms with Gasteiger partial charge in [0.05, 0.1) is 5.69 Å². The quantitative estimate of drug-likeness (QED) is 0.471. The van der Waals surface area contributed by atoms with Crippen LogP contribution in [0.3, 0.4) is 0 Å². The molecule has 1 aromatic carbocycles. The Balaban J connectivity index is 1.75. The van der Waals surface area contributed by atoms with Crippen molar-refractivity contribution in [1.82, 2.24) is 10.2 Å². The summed E-state index contributed by atoms with van der Waals surface area (Å²) in [4.78, 5) is 8.72. The van der Waals surface area contributed by atoms with Crippen LogP contribution in [0.5, 0.6) is 0 Å². The molecule has 2 rings (SSSR count). The van der Waals surface area contributed by atoms with Crippen LogP contribution in [0.4, 0.5) is 10.1 Å². The summed E-state index contributed by atoms with van der Waals surface area (Å²) in [5.74, 6) is 0.791. The lowest BCUT2D eigenvalue weighted by Crippen LogP contribution is -2.52. The van der Waals surface area contributed by atoms with Gasteiger partial charge in [-0.15, -0.1) is 0 Å². The summed E-state index contributed by atoms with van der Waals surface area (Å²) in [6.45, 7) is 5.04. The maximum absolute atomic E-state index is 13.9. The molecule has 0 amide bonds. The molecule has 0 saturated carbocycles. The van der Waals surface area contributed by atoms with Gasteiger partial charge in [-0.1, -0.05) is 12.1 Å². The molecule has 0 atom stereocenters. The van der Waals surface area contributed by atoms with Gasteiger partial charge in [-0.3, -0.25) is 4.99 Å². The van der Waals surface area contributed by atoms with Crippen LogP contribution in [0, 0.1) is 5.82 Å². The SMILES string of the molecule is CN=C(NCCCCCOC)N1CCN(c2ccccc2F)CC1. The minimum atomic E-state index is -0.149. The Kier molecular flexibility index (Phi) is 7.82. The number of piperazine rings is 1. The van der Waals surface area contributed by atoms with Crippen molar-refractivity contribution in [2.45, 2.75) is 19.3 Å². The van der Waals surface area contributed by atoms with Crippen LogP contribution in [0.1, 0.15) is 19.3 Å². The number of benzene rings is 1. The van der Waals surface area contributed by atoms with Crippen LogP contribution < -0.4 is 10.2 Å². The standard InChI is InChI=1S/C18H29FN4O/c1-20-18(21-10-6-3-7-15-24-2)23-13-11-22(12-14-23)17-9-5-4-8-16(17)19/h4-5,8-9H,3,6-7,10-15H2,1-2H3,(H,20,21). The van der Waals surface area contributed by atoms with E-state index in [2.05, 4.69) is 20.1 Å². The number of hydrogen-bond donors (Lipinski definition) is 1. The third-order valence-electron chi connectivity index (χ3n) is 4.29. The molecule has 0 radical (unpaired) electrons. The second-order valence-corrected chi connectivity index (χ2v) is 5.95. The number of guanidine groups is 1. The van der Waals surface area contributed by atoms with Crippen LogP contribution in [0.15, 0.2) is 29.3 Å². The van der Waals surface area contributed by atoms with Crippen molar-refractivity contribution in [2.75, 3.05) is 58.4 Å². The molecule has 0 unspecified atom stereocenters. The van der Waals surface area contributed by atoms with Crippen molar-refractivity contribution in [3.63, 3.8) is 0 Å². The van der Waals surface area contributed by atoms with Crippen LogP contribution in [0.25, 0.3) is 0 Å². The minimum absolute atomic E-state index is 0.149. The summed E-state index contributed by atoms with van der Waals surface area (Å²) < 4.78 is 18.9. The highest BCUT2D eigenvalue weighted by molar-refractivity contribution is 5.80. The molecule has 24 heavy (non-hydrogen) atoms. The largest absolute Gasteiger partial charge is 0.385 e. The summed E-state index contributed by atoms with van der Waals surface area (Å²) in [5, 5.41) is 3.42. The van der Waals surface area contributed by atoms with Crippen LogP contribution in [0.2, 0.25) is 0 Å². The molecule has 1 saturated heterocycles. The molecule has 1 heterocycles. The Hall–Kier alpha value is -1.82. The Morgan fingerprint density at radius 1 is 1.17 bits per heavy atom. The van der Waals surface area contributed by atoms with E-state index in [1.807, 2.05) is 19.2 Å². The van der Waals surface area contributed by atoms with E-state index >= 15 is 0 Å². The monoisotopic (exact) mass is 336 g/mol.